The van der Waals surface area contributed by atoms with Crippen molar-refractivity contribution in [2.24, 2.45) is 0 Å². The van der Waals surface area contributed by atoms with Gasteiger partial charge in [-0.2, -0.15) is 0 Å². The van der Waals surface area contributed by atoms with E-state index in [2.05, 4.69) is 5.32 Å². The first-order valence-electron chi connectivity index (χ1n) is 6.12. The molecule has 1 aromatic carbocycles. The second-order valence-electron chi connectivity index (χ2n) is 4.49. The zero-order valence-electron chi connectivity index (χ0n) is 10.4. The third-order valence-electron chi connectivity index (χ3n) is 2.99. The molecule has 1 fully saturated rings. The average molecular weight is 248 g/mol. The fraction of sp³-hybridized carbons (Fsp3) is 0.357. The molecular formula is C14H17FN2O. The lowest BCUT2D eigenvalue weighted by Gasteiger charge is -2.31. The summed E-state index contributed by atoms with van der Waals surface area (Å²) in [6.07, 6.45) is 2.97. The third kappa shape index (κ3) is 3.17. The number of carbonyl (C=O) groups excluding carboxylic acids is 1. The Morgan fingerprint density at radius 1 is 1.50 bits per heavy atom. The van der Waals surface area contributed by atoms with Gasteiger partial charge in [-0.25, -0.2) is 4.39 Å². The van der Waals surface area contributed by atoms with Gasteiger partial charge in [0.1, 0.15) is 5.82 Å². The molecule has 1 aliphatic rings. The molecule has 0 bridgehead atoms. The lowest BCUT2D eigenvalue weighted by molar-refractivity contribution is -0.127. The van der Waals surface area contributed by atoms with Crippen molar-refractivity contribution in [2.45, 2.75) is 13.0 Å². The summed E-state index contributed by atoms with van der Waals surface area (Å²) >= 11 is 0. The van der Waals surface area contributed by atoms with Crippen molar-refractivity contribution in [2.75, 3.05) is 19.6 Å². The third-order valence-corrected chi connectivity index (χ3v) is 2.99. The van der Waals surface area contributed by atoms with Gasteiger partial charge in [-0.3, -0.25) is 4.79 Å². The van der Waals surface area contributed by atoms with E-state index in [4.69, 9.17) is 0 Å². The molecule has 1 unspecified atom stereocenters. The summed E-state index contributed by atoms with van der Waals surface area (Å²) in [7, 11) is 0. The van der Waals surface area contributed by atoms with Gasteiger partial charge in [-0.15, -0.1) is 0 Å². The van der Waals surface area contributed by atoms with Crippen molar-refractivity contribution in [3.8, 4) is 0 Å². The van der Waals surface area contributed by atoms with E-state index in [0.717, 1.165) is 6.54 Å². The minimum atomic E-state index is -0.310. The molecule has 1 aliphatic heterocycles. The Kier molecular flexibility index (Phi) is 4.10. The molecule has 1 saturated heterocycles. The number of piperazine rings is 1. The number of nitrogens with one attached hydrogen (secondary N) is 1. The first-order chi connectivity index (χ1) is 8.66. The summed E-state index contributed by atoms with van der Waals surface area (Å²) < 4.78 is 13.4. The average Bonchev–Trinajstić information content (AvgIpc) is 2.37. The van der Waals surface area contributed by atoms with Crippen LogP contribution in [0.2, 0.25) is 0 Å². The molecule has 0 spiro atoms. The number of amides is 1. The van der Waals surface area contributed by atoms with Gasteiger partial charge in [-0.05, 0) is 19.1 Å². The first kappa shape index (κ1) is 12.8. The van der Waals surface area contributed by atoms with Gasteiger partial charge in [0, 0.05) is 37.3 Å². The standard InChI is InChI=1S/C14H17FN2O/c1-11-10-17(9-8-16-11)14(18)7-6-12-4-2-3-5-13(12)15/h2-7,11,16H,8-10H2,1H3. The molecule has 0 saturated carbocycles. The van der Waals surface area contributed by atoms with E-state index in [9.17, 15) is 9.18 Å². The second-order valence-corrected chi connectivity index (χ2v) is 4.49. The number of benzene rings is 1. The smallest absolute Gasteiger partial charge is 0.246 e. The zero-order chi connectivity index (χ0) is 13.0. The summed E-state index contributed by atoms with van der Waals surface area (Å²) in [5.41, 5.74) is 0.439. The Hall–Kier alpha value is -1.68. The SMILES string of the molecule is CC1CN(C(=O)C=Cc2ccccc2F)CCN1. The minimum absolute atomic E-state index is 0.0633. The number of rotatable bonds is 2. The summed E-state index contributed by atoms with van der Waals surface area (Å²) in [5.74, 6) is -0.373. The lowest BCUT2D eigenvalue weighted by atomic mass is 10.2. The predicted molar refractivity (Wildman–Crippen MR) is 69.5 cm³/mol. The number of hydrogen-bond donors (Lipinski definition) is 1. The van der Waals surface area contributed by atoms with Crippen molar-refractivity contribution in [1.82, 2.24) is 10.2 Å². The maximum Gasteiger partial charge on any atom is 0.246 e. The van der Waals surface area contributed by atoms with E-state index in [0.29, 0.717) is 24.7 Å². The van der Waals surface area contributed by atoms with Crippen LogP contribution >= 0.6 is 0 Å². The molecule has 0 aliphatic carbocycles. The predicted octanol–water partition coefficient (Wildman–Crippen LogP) is 1.66. The van der Waals surface area contributed by atoms with Crippen molar-refractivity contribution in [3.05, 3.63) is 41.7 Å². The highest BCUT2D eigenvalue weighted by atomic mass is 19.1. The molecule has 1 N–H and O–H groups in total. The molecule has 4 heteroatoms. The maximum atomic E-state index is 13.4. The monoisotopic (exact) mass is 248 g/mol. The molecule has 0 radical (unpaired) electrons. The zero-order valence-corrected chi connectivity index (χ0v) is 10.4. The summed E-state index contributed by atoms with van der Waals surface area (Å²) in [5, 5.41) is 3.27. The van der Waals surface area contributed by atoms with Crippen LogP contribution in [0.15, 0.2) is 30.3 Å². The van der Waals surface area contributed by atoms with E-state index >= 15 is 0 Å². The van der Waals surface area contributed by atoms with Crippen molar-refractivity contribution < 1.29 is 9.18 Å². The van der Waals surface area contributed by atoms with Crippen LogP contribution in [0.5, 0.6) is 0 Å². The van der Waals surface area contributed by atoms with E-state index < -0.39 is 0 Å². The molecular weight excluding hydrogens is 231 g/mol. The second kappa shape index (κ2) is 5.78. The van der Waals surface area contributed by atoms with E-state index in [1.54, 1.807) is 23.1 Å². The maximum absolute atomic E-state index is 13.4. The van der Waals surface area contributed by atoms with E-state index in [1.165, 1.54) is 18.2 Å². The molecule has 1 amide bonds. The number of hydrogen-bond acceptors (Lipinski definition) is 2. The van der Waals surface area contributed by atoms with Gasteiger partial charge in [0.2, 0.25) is 5.91 Å². The van der Waals surface area contributed by atoms with Crippen molar-refractivity contribution in [3.63, 3.8) is 0 Å². The van der Waals surface area contributed by atoms with Crippen LogP contribution in [0.4, 0.5) is 4.39 Å². The fourth-order valence-electron chi connectivity index (χ4n) is 2.01. The largest absolute Gasteiger partial charge is 0.336 e. The highest BCUT2D eigenvalue weighted by molar-refractivity contribution is 5.91. The van der Waals surface area contributed by atoms with Crippen LogP contribution in [-0.4, -0.2) is 36.5 Å². The minimum Gasteiger partial charge on any atom is -0.336 e. The molecule has 96 valence electrons. The van der Waals surface area contributed by atoms with Gasteiger partial charge in [-0.1, -0.05) is 18.2 Å². The molecule has 2 rings (SSSR count). The summed E-state index contributed by atoms with van der Waals surface area (Å²) in [4.78, 5) is 13.7. The molecule has 1 heterocycles. The van der Waals surface area contributed by atoms with Crippen LogP contribution < -0.4 is 5.32 Å². The van der Waals surface area contributed by atoms with Crippen LogP contribution in [0.1, 0.15) is 12.5 Å². The Morgan fingerprint density at radius 2 is 2.28 bits per heavy atom. The van der Waals surface area contributed by atoms with Gasteiger partial charge >= 0.3 is 0 Å². The number of nitrogens with zero attached hydrogens (tertiary/aromatic N) is 1. The van der Waals surface area contributed by atoms with Gasteiger partial charge in [0.05, 0.1) is 0 Å². The molecule has 1 atom stereocenters. The van der Waals surface area contributed by atoms with Crippen LogP contribution in [0.25, 0.3) is 6.08 Å². The molecule has 0 aromatic heterocycles. The Morgan fingerprint density at radius 3 is 3.00 bits per heavy atom. The van der Waals surface area contributed by atoms with E-state index in [1.807, 2.05) is 6.92 Å². The quantitative estimate of drug-likeness (QED) is 0.807. The summed E-state index contributed by atoms with van der Waals surface area (Å²) in [6.45, 7) is 4.24. The van der Waals surface area contributed by atoms with Gasteiger partial charge in [0.25, 0.3) is 0 Å². The van der Waals surface area contributed by atoms with Crippen LogP contribution in [-0.2, 0) is 4.79 Å². The van der Waals surface area contributed by atoms with Crippen molar-refractivity contribution in [1.29, 1.82) is 0 Å². The van der Waals surface area contributed by atoms with Crippen LogP contribution in [0, 0.1) is 5.82 Å². The Balaban J connectivity index is 2.01. The Labute approximate surface area is 106 Å². The van der Waals surface area contributed by atoms with Gasteiger partial charge in [0.15, 0.2) is 0 Å². The number of carbonyl (C=O) groups is 1. The highest BCUT2D eigenvalue weighted by Crippen LogP contribution is 2.09. The van der Waals surface area contributed by atoms with Crippen molar-refractivity contribution >= 4 is 12.0 Å². The molecule has 1 aromatic rings. The molecule has 3 nitrogen and oxygen atoms in total. The first-order valence-corrected chi connectivity index (χ1v) is 6.12. The van der Waals surface area contributed by atoms with E-state index in [-0.39, 0.29) is 11.7 Å². The highest BCUT2D eigenvalue weighted by Gasteiger charge is 2.18. The van der Waals surface area contributed by atoms with Gasteiger partial charge < -0.3 is 10.2 Å². The fourth-order valence-corrected chi connectivity index (χ4v) is 2.01. The summed E-state index contributed by atoms with van der Waals surface area (Å²) in [6, 6.07) is 6.73. The topological polar surface area (TPSA) is 32.3 Å². The Bertz CT molecular complexity index is 459. The molecule has 18 heavy (non-hydrogen) atoms. The normalized spacial score (nSPS) is 20.3. The lowest BCUT2D eigenvalue weighted by Crippen LogP contribution is -2.50. The van der Waals surface area contributed by atoms with Crippen LogP contribution in [0.3, 0.4) is 0 Å². The number of halogens is 1.